The number of hydrogen-bond acceptors (Lipinski definition) is 4. The minimum Gasteiger partial charge on any atom is -0.492 e. The Morgan fingerprint density at radius 2 is 1.96 bits per heavy atom. The number of nitrogens with one attached hydrogen (secondary N) is 1. The third-order valence-electron chi connectivity index (χ3n) is 5.44. The topological polar surface area (TPSA) is 78.9 Å². The number of rotatable bonds is 6. The van der Waals surface area contributed by atoms with E-state index in [1.165, 1.54) is 5.56 Å². The van der Waals surface area contributed by atoms with Gasteiger partial charge in [-0.15, -0.1) is 0 Å². The monoisotopic (exact) mass is 346 g/mol. The van der Waals surface area contributed by atoms with Gasteiger partial charge in [0.2, 0.25) is 5.91 Å². The summed E-state index contributed by atoms with van der Waals surface area (Å²) < 4.78 is 5.69. The number of fused-ring (bicyclic) bond motifs is 1. The molecule has 0 bridgehead atoms. The first-order valence-electron chi connectivity index (χ1n) is 8.89. The second-order valence-electron chi connectivity index (χ2n) is 7.13. The number of amides is 1. The Kier molecular flexibility index (Phi) is 4.99. The summed E-state index contributed by atoms with van der Waals surface area (Å²) >= 11 is 0. The van der Waals surface area contributed by atoms with E-state index < -0.39 is 5.97 Å². The van der Waals surface area contributed by atoms with Crippen LogP contribution >= 0.6 is 0 Å². The Morgan fingerprint density at radius 3 is 2.60 bits per heavy atom. The number of carboxylic acid groups (broad SMARTS) is 1. The molecule has 6 nitrogen and oxygen atoms in total. The second kappa shape index (κ2) is 7.04. The predicted molar refractivity (Wildman–Crippen MR) is 94.0 cm³/mol. The van der Waals surface area contributed by atoms with E-state index in [0.29, 0.717) is 13.2 Å². The standard InChI is InChI=1S/C19H26N2O4/c1-4-21(9-18(22)23)14-7-13(8-14)20-19(24)16-10-25-17-6-12(3)11(2)5-15(16)17/h5-6,13-14,16H,4,7-10H2,1-3H3,(H,20,24)(H,22,23). The van der Waals surface area contributed by atoms with Gasteiger partial charge in [0.05, 0.1) is 6.54 Å². The molecule has 1 atom stereocenters. The average molecular weight is 346 g/mol. The third-order valence-corrected chi connectivity index (χ3v) is 5.44. The van der Waals surface area contributed by atoms with Crippen LogP contribution in [0.2, 0.25) is 0 Å². The molecule has 1 heterocycles. The van der Waals surface area contributed by atoms with Gasteiger partial charge in [0.15, 0.2) is 0 Å². The van der Waals surface area contributed by atoms with Crippen molar-refractivity contribution in [2.45, 2.75) is 51.6 Å². The molecule has 0 radical (unpaired) electrons. The van der Waals surface area contributed by atoms with Crippen LogP contribution in [-0.2, 0) is 9.59 Å². The lowest BCUT2D eigenvalue weighted by atomic mass is 9.84. The molecule has 136 valence electrons. The van der Waals surface area contributed by atoms with Gasteiger partial charge in [-0.05, 0) is 50.4 Å². The largest absolute Gasteiger partial charge is 0.492 e. The van der Waals surface area contributed by atoms with Gasteiger partial charge in [-0.1, -0.05) is 13.0 Å². The van der Waals surface area contributed by atoms with E-state index in [1.807, 2.05) is 31.7 Å². The molecule has 0 spiro atoms. The second-order valence-corrected chi connectivity index (χ2v) is 7.13. The molecule has 1 aliphatic heterocycles. The van der Waals surface area contributed by atoms with Crippen molar-refractivity contribution < 1.29 is 19.4 Å². The first kappa shape index (κ1) is 17.7. The number of carboxylic acids is 1. The maximum atomic E-state index is 12.6. The van der Waals surface area contributed by atoms with Crippen LogP contribution in [0, 0.1) is 13.8 Å². The fourth-order valence-electron chi connectivity index (χ4n) is 3.67. The van der Waals surface area contributed by atoms with Gasteiger partial charge in [0.1, 0.15) is 18.3 Å². The van der Waals surface area contributed by atoms with Crippen molar-refractivity contribution in [3.63, 3.8) is 0 Å². The number of carbonyl (C=O) groups excluding carboxylic acids is 1. The van der Waals surface area contributed by atoms with Gasteiger partial charge in [0, 0.05) is 17.6 Å². The maximum Gasteiger partial charge on any atom is 0.317 e. The number of benzene rings is 1. The van der Waals surface area contributed by atoms with Crippen LogP contribution in [0.4, 0.5) is 0 Å². The Bertz CT molecular complexity index is 682. The van der Waals surface area contributed by atoms with Crippen LogP contribution in [0.3, 0.4) is 0 Å². The van der Waals surface area contributed by atoms with Crippen molar-refractivity contribution in [3.05, 3.63) is 28.8 Å². The van der Waals surface area contributed by atoms with E-state index in [2.05, 4.69) is 11.4 Å². The summed E-state index contributed by atoms with van der Waals surface area (Å²) in [5.41, 5.74) is 3.30. The highest BCUT2D eigenvalue weighted by Gasteiger charge is 2.37. The lowest BCUT2D eigenvalue weighted by Gasteiger charge is -2.42. The first-order valence-corrected chi connectivity index (χ1v) is 8.89. The Morgan fingerprint density at radius 1 is 1.28 bits per heavy atom. The number of carbonyl (C=O) groups is 2. The minimum absolute atomic E-state index is 0.00624. The molecule has 1 fully saturated rings. The maximum absolute atomic E-state index is 12.6. The van der Waals surface area contributed by atoms with Crippen molar-refractivity contribution in [2.75, 3.05) is 19.7 Å². The number of nitrogens with zero attached hydrogens (tertiary/aromatic N) is 1. The molecule has 1 amide bonds. The highest BCUT2D eigenvalue weighted by Crippen LogP contribution is 2.36. The fraction of sp³-hybridized carbons (Fsp3) is 0.579. The molecule has 3 rings (SSSR count). The van der Waals surface area contributed by atoms with Crippen LogP contribution in [0.1, 0.15) is 42.4 Å². The summed E-state index contributed by atoms with van der Waals surface area (Å²) in [5.74, 6) is -0.241. The molecular formula is C19H26N2O4. The van der Waals surface area contributed by atoms with E-state index >= 15 is 0 Å². The fourth-order valence-corrected chi connectivity index (χ4v) is 3.67. The van der Waals surface area contributed by atoms with Crippen molar-refractivity contribution in [3.8, 4) is 5.75 Å². The van der Waals surface area contributed by atoms with Gasteiger partial charge in [-0.3, -0.25) is 14.5 Å². The lowest BCUT2D eigenvalue weighted by Crippen LogP contribution is -2.55. The Labute approximate surface area is 148 Å². The van der Waals surface area contributed by atoms with Crippen LogP contribution in [0.15, 0.2) is 12.1 Å². The van der Waals surface area contributed by atoms with Crippen molar-refractivity contribution in [1.82, 2.24) is 10.2 Å². The van der Waals surface area contributed by atoms with E-state index in [1.54, 1.807) is 0 Å². The molecule has 6 heteroatoms. The van der Waals surface area contributed by atoms with Crippen LogP contribution in [0.25, 0.3) is 0 Å². The van der Waals surface area contributed by atoms with Gasteiger partial charge in [-0.2, -0.15) is 0 Å². The zero-order chi connectivity index (χ0) is 18.1. The normalized spacial score (nSPS) is 24.4. The number of likely N-dealkylation sites (N-methyl/N-ethyl adjacent to an activating group) is 1. The quantitative estimate of drug-likeness (QED) is 0.822. The van der Waals surface area contributed by atoms with Gasteiger partial charge in [0.25, 0.3) is 0 Å². The summed E-state index contributed by atoms with van der Waals surface area (Å²) in [5, 5.41) is 12.1. The number of ether oxygens (including phenoxy) is 1. The van der Waals surface area contributed by atoms with E-state index in [4.69, 9.17) is 9.84 Å². The molecule has 1 saturated carbocycles. The molecule has 1 aromatic rings. The molecule has 0 saturated heterocycles. The van der Waals surface area contributed by atoms with Crippen molar-refractivity contribution >= 4 is 11.9 Å². The summed E-state index contributed by atoms with van der Waals surface area (Å²) in [7, 11) is 0. The summed E-state index contributed by atoms with van der Waals surface area (Å²) in [6, 6.07) is 4.42. The molecule has 1 aromatic carbocycles. The van der Waals surface area contributed by atoms with Gasteiger partial charge < -0.3 is 15.2 Å². The highest BCUT2D eigenvalue weighted by molar-refractivity contribution is 5.86. The zero-order valence-corrected chi connectivity index (χ0v) is 15.0. The summed E-state index contributed by atoms with van der Waals surface area (Å²) in [6.07, 6.45) is 1.61. The first-order chi connectivity index (χ1) is 11.9. The number of aryl methyl sites for hydroxylation is 2. The molecule has 1 unspecified atom stereocenters. The van der Waals surface area contributed by atoms with Crippen LogP contribution in [-0.4, -0.2) is 53.7 Å². The zero-order valence-electron chi connectivity index (χ0n) is 15.0. The highest BCUT2D eigenvalue weighted by atomic mass is 16.5. The number of aliphatic carboxylic acids is 1. The smallest absolute Gasteiger partial charge is 0.317 e. The third kappa shape index (κ3) is 3.63. The SMILES string of the molecule is CCN(CC(=O)O)C1CC(NC(=O)C2COc3cc(C)c(C)cc32)C1. The van der Waals surface area contributed by atoms with Crippen molar-refractivity contribution in [2.24, 2.45) is 0 Å². The van der Waals surface area contributed by atoms with E-state index in [0.717, 1.165) is 29.7 Å². The Balaban J connectivity index is 1.56. The molecule has 2 N–H and O–H groups in total. The van der Waals surface area contributed by atoms with Crippen LogP contribution in [0.5, 0.6) is 5.75 Å². The lowest BCUT2D eigenvalue weighted by molar-refractivity contribution is -0.139. The predicted octanol–water partition coefficient (Wildman–Crippen LogP) is 1.83. The number of hydrogen-bond donors (Lipinski definition) is 2. The van der Waals surface area contributed by atoms with E-state index in [-0.39, 0.29) is 30.5 Å². The minimum atomic E-state index is -0.806. The Hall–Kier alpha value is -2.08. The molecule has 0 aromatic heterocycles. The average Bonchev–Trinajstić information content (AvgIpc) is 2.91. The van der Waals surface area contributed by atoms with E-state index in [9.17, 15) is 9.59 Å². The summed E-state index contributed by atoms with van der Waals surface area (Å²) in [6.45, 7) is 7.20. The molecule has 1 aliphatic carbocycles. The molecule has 2 aliphatic rings. The van der Waals surface area contributed by atoms with Crippen molar-refractivity contribution in [1.29, 1.82) is 0 Å². The van der Waals surface area contributed by atoms with Gasteiger partial charge in [-0.25, -0.2) is 0 Å². The summed E-state index contributed by atoms with van der Waals surface area (Å²) in [4.78, 5) is 25.5. The van der Waals surface area contributed by atoms with Gasteiger partial charge >= 0.3 is 5.97 Å². The molecular weight excluding hydrogens is 320 g/mol. The van der Waals surface area contributed by atoms with Crippen LogP contribution < -0.4 is 10.1 Å². The molecule has 25 heavy (non-hydrogen) atoms.